The van der Waals surface area contributed by atoms with Crippen molar-refractivity contribution in [1.29, 1.82) is 0 Å². The zero-order chi connectivity index (χ0) is 19.2. The summed E-state index contributed by atoms with van der Waals surface area (Å²) < 4.78 is 24.2. The number of benzene rings is 1. The number of hydrogen-bond donors (Lipinski definition) is 1. The largest absolute Gasteiger partial charge is 0.467 e. The minimum absolute atomic E-state index is 0.0567. The van der Waals surface area contributed by atoms with Crippen molar-refractivity contribution in [2.24, 2.45) is 0 Å². The second kappa shape index (κ2) is 8.92. The van der Waals surface area contributed by atoms with Gasteiger partial charge in [0.2, 0.25) is 11.9 Å². The summed E-state index contributed by atoms with van der Waals surface area (Å²) >= 11 is 5.95. The van der Waals surface area contributed by atoms with E-state index in [1.165, 1.54) is 19.2 Å². The topological polar surface area (TPSA) is 89.5 Å². The van der Waals surface area contributed by atoms with Crippen LogP contribution in [0.2, 0.25) is 5.02 Å². The van der Waals surface area contributed by atoms with Crippen molar-refractivity contribution in [1.82, 2.24) is 20.3 Å². The number of hydrogen-bond acceptors (Lipinski definition) is 7. The van der Waals surface area contributed by atoms with E-state index in [9.17, 15) is 9.18 Å². The highest BCUT2D eigenvalue weighted by Gasteiger charge is 2.17. The lowest BCUT2D eigenvalue weighted by Gasteiger charge is -2.26. The van der Waals surface area contributed by atoms with Gasteiger partial charge in [-0.2, -0.15) is 15.0 Å². The number of methoxy groups -OCH3 is 1. The van der Waals surface area contributed by atoms with E-state index in [0.29, 0.717) is 38.1 Å². The van der Waals surface area contributed by atoms with Crippen LogP contribution in [0.1, 0.15) is 11.4 Å². The van der Waals surface area contributed by atoms with Crippen molar-refractivity contribution in [3.05, 3.63) is 40.4 Å². The number of halogens is 2. The van der Waals surface area contributed by atoms with E-state index < -0.39 is 11.7 Å². The molecule has 1 saturated heterocycles. The Labute approximate surface area is 160 Å². The monoisotopic (exact) mass is 395 g/mol. The fourth-order valence-electron chi connectivity index (χ4n) is 2.56. The number of aromatic nitrogens is 3. The van der Waals surface area contributed by atoms with Gasteiger partial charge >= 0.3 is 6.01 Å². The molecular formula is C17H19ClFN5O3. The molecule has 144 valence electrons. The molecule has 0 spiro atoms. The quantitative estimate of drug-likeness (QED) is 0.790. The van der Waals surface area contributed by atoms with Crippen molar-refractivity contribution in [2.45, 2.75) is 13.0 Å². The van der Waals surface area contributed by atoms with Gasteiger partial charge in [0.15, 0.2) is 5.82 Å². The zero-order valence-electron chi connectivity index (χ0n) is 14.7. The maximum Gasteiger partial charge on any atom is 0.321 e. The Kier molecular flexibility index (Phi) is 6.36. The Morgan fingerprint density at radius 2 is 2.11 bits per heavy atom. The molecule has 1 aromatic heterocycles. The summed E-state index contributed by atoms with van der Waals surface area (Å²) in [7, 11) is 1.46. The summed E-state index contributed by atoms with van der Waals surface area (Å²) in [5, 5.41) is 2.88. The van der Waals surface area contributed by atoms with E-state index in [1.807, 2.05) is 4.90 Å². The number of amides is 1. The normalized spacial score (nSPS) is 14.1. The highest BCUT2D eigenvalue weighted by atomic mass is 35.5. The van der Waals surface area contributed by atoms with Gasteiger partial charge in [0.1, 0.15) is 5.82 Å². The average molecular weight is 396 g/mol. The van der Waals surface area contributed by atoms with Crippen LogP contribution in [0.25, 0.3) is 0 Å². The fourth-order valence-corrected chi connectivity index (χ4v) is 2.79. The van der Waals surface area contributed by atoms with Crippen LogP contribution in [0.4, 0.5) is 10.3 Å². The smallest absolute Gasteiger partial charge is 0.321 e. The van der Waals surface area contributed by atoms with E-state index in [0.717, 1.165) is 0 Å². The summed E-state index contributed by atoms with van der Waals surface area (Å²) in [6.07, 6.45) is -0.177. The maximum atomic E-state index is 13.8. The number of morpholine rings is 1. The van der Waals surface area contributed by atoms with E-state index in [1.54, 1.807) is 6.07 Å². The van der Waals surface area contributed by atoms with Gasteiger partial charge in [0, 0.05) is 23.7 Å². The van der Waals surface area contributed by atoms with Crippen LogP contribution in [-0.4, -0.2) is 54.3 Å². The molecule has 1 amide bonds. The molecule has 0 bridgehead atoms. The fraction of sp³-hybridized carbons (Fsp3) is 0.412. The van der Waals surface area contributed by atoms with Gasteiger partial charge in [-0.25, -0.2) is 4.39 Å². The molecule has 2 aromatic rings. The molecule has 1 aromatic carbocycles. The lowest BCUT2D eigenvalue weighted by Crippen LogP contribution is -2.37. The molecular weight excluding hydrogens is 377 g/mol. The summed E-state index contributed by atoms with van der Waals surface area (Å²) in [6.45, 7) is 2.55. The van der Waals surface area contributed by atoms with Crippen LogP contribution in [0.15, 0.2) is 18.2 Å². The number of nitrogens with zero attached hydrogens (tertiary/aromatic N) is 4. The Morgan fingerprint density at radius 3 is 2.81 bits per heavy atom. The highest BCUT2D eigenvalue weighted by Crippen LogP contribution is 2.19. The summed E-state index contributed by atoms with van der Waals surface area (Å²) in [5.41, 5.74) is 0.152. The molecule has 1 aliphatic rings. The highest BCUT2D eigenvalue weighted by molar-refractivity contribution is 6.31. The van der Waals surface area contributed by atoms with E-state index in [2.05, 4.69) is 20.3 Å². The van der Waals surface area contributed by atoms with Crippen LogP contribution < -0.4 is 15.0 Å². The summed E-state index contributed by atoms with van der Waals surface area (Å²) in [6, 6.07) is 4.45. The Bertz CT molecular complexity index is 797. The molecule has 8 nitrogen and oxygen atoms in total. The van der Waals surface area contributed by atoms with Crippen LogP contribution in [-0.2, 0) is 22.5 Å². The third-order valence-electron chi connectivity index (χ3n) is 3.97. The second-order valence-electron chi connectivity index (χ2n) is 5.79. The number of nitrogens with one attached hydrogen (secondary N) is 1. The van der Waals surface area contributed by atoms with Gasteiger partial charge in [0.05, 0.1) is 33.3 Å². The first-order valence-corrected chi connectivity index (χ1v) is 8.76. The van der Waals surface area contributed by atoms with Crippen LogP contribution in [0.3, 0.4) is 0 Å². The Morgan fingerprint density at radius 1 is 1.33 bits per heavy atom. The molecule has 10 heteroatoms. The van der Waals surface area contributed by atoms with Crippen LogP contribution >= 0.6 is 11.6 Å². The molecule has 1 aliphatic heterocycles. The zero-order valence-corrected chi connectivity index (χ0v) is 15.5. The number of anilines is 1. The first kappa shape index (κ1) is 19.2. The van der Waals surface area contributed by atoms with Crippen molar-refractivity contribution < 1.29 is 18.7 Å². The van der Waals surface area contributed by atoms with E-state index in [-0.39, 0.29) is 29.6 Å². The first-order chi connectivity index (χ1) is 13.1. The molecule has 2 heterocycles. The standard InChI is InChI=1S/C17H19ClFN5O3/c1-26-17-22-14(21-16(23-17)24-5-7-27-8-6-24)10-20-15(25)9-11-12(18)3-2-4-13(11)19/h2-4H,5-10H2,1H3,(H,20,25). The van der Waals surface area contributed by atoms with Crippen molar-refractivity contribution in [3.63, 3.8) is 0 Å². The molecule has 1 N–H and O–H groups in total. The van der Waals surface area contributed by atoms with Crippen LogP contribution in [0, 0.1) is 5.82 Å². The first-order valence-electron chi connectivity index (χ1n) is 8.38. The Hall–Kier alpha value is -2.52. The Balaban J connectivity index is 1.67. The van der Waals surface area contributed by atoms with Crippen molar-refractivity contribution in [2.75, 3.05) is 38.3 Å². The molecule has 0 aliphatic carbocycles. The predicted molar refractivity (Wildman–Crippen MR) is 96.4 cm³/mol. The van der Waals surface area contributed by atoms with Gasteiger partial charge in [-0.1, -0.05) is 17.7 Å². The van der Waals surface area contributed by atoms with Gasteiger partial charge in [-0.15, -0.1) is 0 Å². The molecule has 0 unspecified atom stereocenters. The number of rotatable bonds is 6. The SMILES string of the molecule is COc1nc(CNC(=O)Cc2c(F)cccc2Cl)nc(N2CCOCC2)n1. The molecule has 0 radical (unpaired) electrons. The van der Waals surface area contributed by atoms with Gasteiger partial charge in [-0.05, 0) is 12.1 Å². The van der Waals surface area contributed by atoms with Crippen LogP contribution in [0.5, 0.6) is 6.01 Å². The molecule has 0 saturated carbocycles. The average Bonchev–Trinajstić information content (AvgIpc) is 2.69. The lowest BCUT2D eigenvalue weighted by molar-refractivity contribution is -0.120. The maximum absolute atomic E-state index is 13.8. The predicted octanol–water partition coefficient (Wildman–Crippen LogP) is 1.37. The van der Waals surface area contributed by atoms with Crippen molar-refractivity contribution in [3.8, 4) is 6.01 Å². The lowest BCUT2D eigenvalue weighted by atomic mass is 10.1. The van der Waals surface area contributed by atoms with Gasteiger partial charge in [-0.3, -0.25) is 4.79 Å². The molecule has 3 rings (SSSR count). The summed E-state index contributed by atoms with van der Waals surface area (Å²) in [4.78, 5) is 26.9. The molecule has 27 heavy (non-hydrogen) atoms. The summed E-state index contributed by atoms with van der Waals surface area (Å²) in [5.74, 6) is -0.105. The van der Waals surface area contributed by atoms with Gasteiger partial charge in [0.25, 0.3) is 0 Å². The number of carbonyl (C=O) groups excluding carboxylic acids is 1. The molecule has 1 fully saturated rings. The molecule has 0 atom stereocenters. The van der Waals surface area contributed by atoms with Crippen molar-refractivity contribution >= 4 is 23.5 Å². The number of ether oxygens (including phenoxy) is 2. The van der Waals surface area contributed by atoms with Gasteiger partial charge < -0.3 is 19.7 Å². The third kappa shape index (κ3) is 5.01. The van der Waals surface area contributed by atoms with E-state index in [4.69, 9.17) is 21.1 Å². The minimum atomic E-state index is -0.519. The number of carbonyl (C=O) groups is 1. The second-order valence-corrected chi connectivity index (χ2v) is 6.20. The third-order valence-corrected chi connectivity index (χ3v) is 4.32. The van der Waals surface area contributed by atoms with E-state index >= 15 is 0 Å². The minimum Gasteiger partial charge on any atom is -0.467 e.